The van der Waals surface area contributed by atoms with Crippen molar-refractivity contribution < 1.29 is 9.53 Å². The van der Waals surface area contributed by atoms with E-state index in [9.17, 15) is 4.79 Å². The van der Waals surface area contributed by atoms with E-state index < -0.39 is 5.54 Å². The molecule has 0 fully saturated rings. The van der Waals surface area contributed by atoms with Gasteiger partial charge in [0.05, 0.1) is 6.61 Å². The van der Waals surface area contributed by atoms with E-state index in [-0.39, 0.29) is 5.97 Å². The number of carbonyl (C=O) groups excluding carboxylic acids is 1. The summed E-state index contributed by atoms with van der Waals surface area (Å²) in [6.07, 6.45) is 0. The second-order valence-electron chi connectivity index (χ2n) is 4.65. The standard InChI is InChI=1S/C15H24N2O2/c1-5-17(13-10-8-7-9-11-13)12-15(3,16-4)14(18)19-6-2/h7-11,16H,5-6,12H2,1-4H3. The molecule has 0 aliphatic carbocycles. The molecular formula is C15H24N2O2. The maximum Gasteiger partial charge on any atom is 0.327 e. The molecule has 0 radical (unpaired) electrons. The fourth-order valence-corrected chi connectivity index (χ4v) is 1.94. The van der Waals surface area contributed by atoms with Crippen LogP contribution in [-0.4, -0.2) is 38.3 Å². The number of carbonyl (C=O) groups is 1. The number of para-hydroxylation sites is 1. The molecule has 0 saturated heterocycles. The Bertz CT molecular complexity index is 394. The lowest BCUT2D eigenvalue weighted by Gasteiger charge is -2.34. The van der Waals surface area contributed by atoms with Crippen LogP contribution < -0.4 is 10.2 Å². The Hall–Kier alpha value is -1.55. The molecule has 1 aromatic rings. The van der Waals surface area contributed by atoms with E-state index in [1.165, 1.54) is 0 Å². The average Bonchev–Trinajstić information content (AvgIpc) is 2.45. The Kier molecular flexibility index (Phi) is 5.83. The van der Waals surface area contributed by atoms with Crippen LogP contribution in [0.5, 0.6) is 0 Å². The fraction of sp³-hybridized carbons (Fsp3) is 0.533. The first kappa shape index (κ1) is 15.5. The van der Waals surface area contributed by atoms with Gasteiger partial charge in [0.2, 0.25) is 0 Å². The summed E-state index contributed by atoms with van der Waals surface area (Å²) in [6, 6.07) is 10.1. The number of rotatable bonds is 7. The summed E-state index contributed by atoms with van der Waals surface area (Å²) in [5, 5.41) is 3.08. The van der Waals surface area contributed by atoms with Crippen molar-refractivity contribution in [3.05, 3.63) is 30.3 Å². The van der Waals surface area contributed by atoms with Gasteiger partial charge in [-0.15, -0.1) is 0 Å². The van der Waals surface area contributed by atoms with Crippen LogP contribution in [0.3, 0.4) is 0 Å². The highest BCUT2D eigenvalue weighted by Crippen LogP contribution is 2.17. The lowest BCUT2D eigenvalue weighted by Crippen LogP contribution is -2.56. The summed E-state index contributed by atoms with van der Waals surface area (Å²) in [5.41, 5.74) is 0.401. The van der Waals surface area contributed by atoms with E-state index in [1.807, 2.05) is 44.2 Å². The second kappa shape index (κ2) is 7.14. The molecule has 1 aromatic carbocycles. The molecule has 0 amide bonds. The van der Waals surface area contributed by atoms with Crippen LogP contribution in [0.4, 0.5) is 5.69 Å². The minimum Gasteiger partial charge on any atom is -0.465 e. The predicted octanol–water partition coefficient (Wildman–Crippen LogP) is 2.05. The summed E-state index contributed by atoms with van der Waals surface area (Å²) in [4.78, 5) is 14.2. The van der Waals surface area contributed by atoms with Crippen LogP contribution in [0.15, 0.2) is 30.3 Å². The molecule has 106 valence electrons. The molecule has 1 unspecified atom stereocenters. The Labute approximate surface area is 115 Å². The van der Waals surface area contributed by atoms with Gasteiger partial charge in [0.25, 0.3) is 0 Å². The van der Waals surface area contributed by atoms with Gasteiger partial charge in [-0.2, -0.15) is 0 Å². The minimum absolute atomic E-state index is 0.216. The fourth-order valence-electron chi connectivity index (χ4n) is 1.94. The normalized spacial score (nSPS) is 13.7. The van der Waals surface area contributed by atoms with Crippen LogP contribution in [0.1, 0.15) is 20.8 Å². The Morgan fingerprint density at radius 1 is 1.32 bits per heavy atom. The molecule has 19 heavy (non-hydrogen) atoms. The number of benzene rings is 1. The summed E-state index contributed by atoms with van der Waals surface area (Å²) in [6.45, 7) is 7.57. The first-order valence-electron chi connectivity index (χ1n) is 6.73. The zero-order chi connectivity index (χ0) is 14.3. The van der Waals surface area contributed by atoms with Gasteiger partial charge >= 0.3 is 5.97 Å². The zero-order valence-electron chi connectivity index (χ0n) is 12.3. The van der Waals surface area contributed by atoms with Crippen LogP contribution in [-0.2, 0) is 9.53 Å². The number of esters is 1. The van der Waals surface area contributed by atoms with Crippen molar-refractivity contribution in [1.82, 2.24) is 5.32 Å². The van der Waals surface area contributed by atoms with Gasteiger partial charge < -0.3 is 15.0 Å². The Balaban J connectivity index is 2.86. The first-order chi connectivity index (χ1) is 9.07. The molecule has 0 saturated carbocycles. The van der Waals surface area contributed by atoms with Gasteiger partial charge in [-0.05, 0) is 40.0 Å². The first-order valence-corrected chi connectivity index (χ1v) is 6.73. The third-order valence-corrected chi connectivity index (χ3v) is 3.29. The number of nitrogens with one attached hydrogen (secondary N) is 1. The minimum atomic E-state index is -0.706. The summed E-state index contributed by atoms with van der Waals surface area (Å²) >= 11 is 0. The maximum atomic E-state index is 12.1. The molecule has 0 bridgehead atoms. The van der Waals surface area contributed by atoms with Crippen molar-refractivity contribution >= 4 is 11.7 Å². The van der Waals surface area contributed by atoms with Crippen LogP contribution >= 0.6 is 0 Å². The third kappa shape index (κ3) is 3.96. The quantitative estimate of drug-likeness (QED) is 0.765. The van der Waals surface area contributed by atoms with Crippen molar-refractivity contribution in [2.75, 3.05) is 31.6 Å². The van der Waals surface area contributed by atoms with E-state index >= 15 is 0 Å². The highest BCUT2D eigenvalue weighted by atomic mass is 16.5. The molecule has 1 atom stereocenters. The van der Waals surface area contributed by atoms with Gasteiger partial charge in [0.1, 0.15) is 5.54 Å². The molecule has 4 nitrogen and oxygen atoms in total. The van der Waals surface area contributed by atoms with Crippen LogP contribution in [0.25, 0.3) is 0 Å². The summed E-state index contributed by atoms with van der Waals surface area (Å²) in [5.74, 6) is -0.216. The lowest BCUT2D eigenvalue weighted by molar-refractivity contribution is -0.149. The summed E-state index contributed by atoms with van der Waals surface area (Å²) in [7, 11) is 1.79. The maximum absolute atomic E-state index is 12.1. The van der Waals surface area contributed by atoms with Crippen molar-refractivity contribution in [2.24, 2.45) is 0 Å². The van der Waals surface area contributed by atoms with Gasteiger partial charge in [-0.25, -0.2) is 4.79 Å². The third-order valence-electron chi connectivity index (χ3n) is 3.29. The number of likely N-dealkylation sites (N-methyl/N-ethyl adjacent to an activating group) is 2. The van der Waals surface area contributed by atoms with E-state index in [4.69, 9.17) is 4.74 Å². The molecule has 0 spiro atoms. The van der Waals surface area contributed by atoms with Crippen LogP contribution in [0, 0.1) is 0 Å². The van der Waals surface area contributed by atoms with Crippen molar-refractivity contribution in [3.8, 4) is 0 Å². The molecular weight excluding hydrogens is 240 g/mol. The highest BCUT2D eigenvalue weighted by Gasteiger charge is 2.34. The zero-order valence-corrected chi connectivity index (χ0v) is 12.3. The SMILES string of the molecule is CCOC(=O)C(C)(CN(CC)c1ccccc1)NC. The van der Waals surface area contributed by atoms with Gasteiger partial charge in [0, 0.05) is 18.8 Å². The summed E-state index contributed by atoms with van der Waals surface area (Å²) < 4.78 is 5.15. The topological polar surface area (TPSA) is 41.6 Å². The van der Waals surface area contributed by atoms with Gasteiger partial charge in [-0.1, -0.05) is 18.2 Å². The van der Waals surface area contributed by atoms with E-state index in [1.54, 1.807) is 7.05 Å². The van der Waals surface area contributed by atoms with E-state index in [0.29, 0.717) is 13.2 Å². The number of nitrogens with zero attached hydrogens (tertiary/aromatic N) is 1. The molecule has 0 aliphatic heterocycles. The number of anilines is 1. The smallest absolute Gasteiger partial charge is 0.327 e. The van der Waals surface area contributed by atoms with E-state index in [2.05, 4.69) is 17.1 Å². The Morgan fingerprint density at radius 2 is 1.95 bits per heavy atom. The molecule has 4 heteroatoms. The molecule has 1 N–H and O–H groups in total. The highest BCUT2D eigenvalue weighted by molar-refractivity contribution is 5.81. The molecule has 0 aliphatic rings. The van der Waals surface area contributed by atoms with Crippen molar-refractivity contribution in [3.63, 3.8) is 0 Å². The second-order valence-corrected chi connectivity index (χ2v) is 4.65. The van der Waals surface area contributed by atoms with Crippen molar-refractivity contribution in [2.45, 2.75) is 26.3 Å². The van der Waals surface area contributed by atoms with Crippen LogP contribution in [0.2, 0.25) is 0 Å². The largest absolute Gasteiger partial charge is 0.465 e. The molecule has 1 rings (SSSR count). The molecule has 0 aromatic heterocycles. The number of hydrogen-bond acceptors (Lipinski definition) is 4. The molecule has 0 heterocycles. The van der Waals surface area contributed by atoms with E-state index in [0.717, 1.165) is 12.2 Å². The Morgan fingerprint density at radius 3 is 2.42 bits per heavy atom. The number of ether oxygens (including phenoxy) is 1. The van der Waals surface area contributed by atoms with Gasteiger partial charge in [-0.3, -0.25) is 0 Å². The lowest BCUT2D eigenvalue weighted by atomic mass is 10.0. The predicted molar refractivity (Wildman–Crippen MR) is 78.4 cm³/mol. The monoisotopic (exact) mass is 264 g/mol. The van der Waals surface area contributed by atoms with Crippen molar-refractivity contribution in [1.29, 1.82) is 0 Å². The van der Waals surface area contributed by atoms with Gasteiger partial charge in [0.15, 0.2) is 0 Å². The number of hydrogen-bond donors (Lipinski definition) is 1. The average molecular weight is 264 g/mol.